The second kappa shape index (κ2) is 6.08. The summed E-state index contributed by atoms with van der Waals surface area (Å²) in [5, 5.41) is 6.39. The molecule has 1 aromatic carbocycles. The zero-order valence-corrected chi connectivity index (χ0v) is 13.1. The van der Waals surface area contributed by atoms with Gasteiger partial charge in [0.25, 0.3) is 0 Å². The number of anilines is 2. The van der Waals surface area contributed by atoms with Crippen LogP contribution in [0.4, 0.5) is 16.0 Å². The number of aromatic nitrogens is 2. The van der Waals surface area contributed by atoms with Crippen molar-refractivity contribution >= 4 is 11.6 Å². The fourth-order valence-electron chi connectivity index (χ4n) is 2.18. The van der Waals surface area contributed by atoms with Gasteiger partial charge < -0.3 is 10.6 Å². The first-order valence-corrected chi connectivity index (χ1v) is 6.98. The molecule has 0 radical (unpaired) electrons. The third-order valence-electron chi connectivity index (χ3n) is 3.54. The van der Waals surface area contributed by atoms with E-state index in [1.807, 2.05) is 33.9 Å². The fourth-order valence-corrected chi connectivity index (χ4v) is 2.18. The predicted octanol–water partition coefficient (Wildman–Crippen LogP) is 3.76. The number of nitrogens with one attached hydrogen (secondary N) is 2. The molecule has 1 atom stereocenters. The van der Waals surface area contributed by atoms with Crippen molar-refractivity contribution in [1.82, 2.24) is 9.97 Å². The molecule has 1 heterocycles. The normalized spacial score (nSPS) is 12.1. The molecule has 0 saturated heterocycles. The SMILES string of the molecule is CNc1nc(C)nc(NC(C)c2ccc(C)c(F)c2)c1C. The van der Waals surface area contributed by atoms with Gasteiger partial charge in [0.2, 0.25) is 0 Å². The maximum atomic E-state index is 13.7. The highest BCUT2D eigenvalue weighted by molar-refractivity contribution is 5.57. The monoisotopic (exact) mass is 288 g/mol. The van der Waals surface area contributed by atoms with Gasteiger partial charge in [-0.05, 0) is 44.9 Å². The smallest absolute Gasteiger partial charge is 0.135 e. The van der Waals surface area contributed by atoms with E-state index in [1.54, 1.807) is 19.1 Å². The Hall–Kier alpha value is -2.17. The molecule has 0 amide bonds. The summed E-state index contributed by atoms with van der Waals surface area (Å²) >= 11 is 0. The Kier molecular flexibility index (Phi) is 4.40. The minimum atomic E-state index is -0.187. The van der Waals surface area contributed by atoms with Crippen LogP contribution in [0.25, 0.3) is 0 Å². The Morgan fingerprint density at radius 2 is 1.76 bits per heavy atom. The van der Waals surface area contributed by atoms with E-state index < -0.39 is 0 Å². The number of nitrogens with zero attached hydrogens (tertiary/aromatic N) is 2. The number of benzene rings is 1. The van der Waals surface area contributed by atoms with Gasteiger partial charge in [0.15, 0.2) is 0 Å². The van der Waals surface area contributed by atoms with Crippen LogP contribution in [0.3, 0.4) is 0 Å². The fraction of sp³-hybridized carbons (Fsp3) is 0.375. The van der Waals surface area contributed by atoms with E-state index >= 15 is 0 Å². The van der Waals surface area contributed by atoms with Gasteiger partial charge in [-0.1, -0.05) is 12.1 Å². The summed E-state index contributed by atoms with van der Waals surface area (Å²) in [6, 6.07) is 5.24. The third-order valence-corrected chi connectivity index (χ3v) is 3.54. The largest absolute Gasteiger partial charge is 0.373 e. The van der Waals surface area contributed by atoms with Crippen molar-refractivity contribution in [2.24, 2.45) is 0 Å². The van der Waals surface area contributed by atoms with Crippen molar-refractivity contribution in [3.05, 3.63) is 46.5 Å². The number of hydrogen-bond acceptors (Lipinski definition) is 4. The molecule has 21 heavy (non-hydrogen) atoms. The summed E-state index contributed by atoms with van der Waals surface area (Å²) in [4.78, 5) is 8.77. The molecule has 112 valence electrons. The van der Waals surface area contributed by atoms with Crippen molar-refractivity contribution in [3.63, 3.8) is 0 Å². The van der Waals surface area contributed by atoms with Crippen LogP contribution in [0.2, 0.25) is 0 Å². The summed E-state index contributed by atoms with van der Waals surface area (Å²) in [6.45, 7) is 7.55. The maximum Gasteiger partial charge on any atom is 0.135 e. The van der Waals surface area contributed by atoms with E-state index in [4.69, 9.17) is 0 Å². The van der Waals surface area contributed by atoms with E-state index in [9.17, 15) is 4.39 Å². The number of hydrogen-bond donors (Lipinski definition) is 2. The van der Waals surface area contributed by atoms with E-state index in [0.717, 1.165) is 22.8 Å². The van der Waals surface area contributed by atoms with Crippen molar-refractivity contribution in [2.45, 2.75) is 33.7 Å². The first-order valence-electron chi connectivity index (χ1n) is 6.98. The second-order valence-electron chi connectivity index (χ2n) is 5.22. The molecule has 1 unspecified atom stereocenters. The van der Waals surface area contributed by atoms with Crippen molar-refractivity contribution in [2.75, 3.05) is 17.7 Å². The molecular formula is C16H21FN4. The van der Waals surface area contributed by atoms with E-state index in [0.29, 0.717) is 11.4 Å². The molecule has 4 nitrogen and oxygen atoms in total. The first-order chi connectivity index (χ1) is 9.92. The molecule has 1 aromatic heterocycles. The lowest BCUT2D eigenvalue weighted by atomic mass is 10.1. The maximum absolute atomic E-state index is 13.7. The molecule has 0 bridgehead atoms. The molecule has 0 aliphatic carbocycles. The molecule has 0 aliphatic heterocycles. The minimum absolute atomic E-state index is 0.0437. The average Bonchev–Trinajstić information content (AvgIpc) is 2.45. The summed E-state index contributed by atoms with van der Waals surface area (Å²) < 4.78 is 13.7. The Bertz CT molecular complexity index is 655. The van der Waals surface area contributed by atoms with Crippen LogP contribution in [0, 0.1) is 26.6 Å². The summed E-state index contributed by atoms with van der Waals surface area (Å²) in [6.07, 6.45) is 0. The Balaban J connectivity index is 2.28. The highest BCUT2D eigenvalue weighted by Gasteiger charge is 2.13. The molecule has 0 spiro atoms. The summed E-state index contributed by atoms with van der Waals surface area (Å²) in [5.74, 6) is 2.06. The molecule has 5 heteroatoms. The molecule has 0 fully saturated rings. The van der Waals surface area contributed by atoms with Crippen LogP contribution in [0.5, 0.6) is 0 Å². The van der Waals surface area contributed by atoms with Crippen LogP contribution in [0.1, 0.15) is 35.5 Å². The quantitative estimate of drug-likeness (QED) is 0.899. The van der Waals surface area contributed by atoms with E-state index in [2.05, 4.69) is 20.6 Å². The Morgan fingerprint density at radius 1 is 1.10 bits per heavy atom. The Labute approximate surface area is 124 Å². The molecule has 0 saturated carbocycles. The van der Waals surface area contributed by atoms with Gasteiger partial charge in [-0.15, -0.1) is 0 Å². The number of rotatable bonds is 4. The van der Waals surface area contributed by atoms with Gasteiger partial charge in [0.05, 0.1) is 6.04 Å². The van der Waals surface area contributed by atoms with Gasteiger partial charge in [0, 0.05) is 12.6 Å². The zero-order valence-electron chi connectivity index (χ0n) is 13.1. The second-order valence-corrected chi connectivity index (χ2v) is 5.22. The van der Waals surface area contributed by atoms with Crippen LogP contribution in [0.15, 0.2) is 18.2 Å². The van der Waals surface area contributed by atoms with Crippen LogP contribution < -0.4 is 10.6 Å². The first kappa shape index (κ1) is 15.2. The third kappa shape index (κ3) is 3.29. The van der Waals surface area contributed by atoms with Gasteiger partial charge in [0.1, 0.15) is 23.3 Å². The van der Waals surface area contributed by atoms with Crippen molar-refractivity contribution in [3.8, 4) is 0 Å². The lowest BCUT2D eigenvalue weighted by Gasteiger charge is -2.18. The highest BCUT2D eigenvalue weighted by atomic mass is 19.1. The van der Waals surface area contributed by atoms with E-state index in [-0.39, 0.29) is 11.9 Å². The molecule has 2 rings (SSSR count). The van der Waals surface area contributed by atoms with Gasteiger partial charge in [-0.25, -0.2) is 14.4 Å². The van der Waals surface area contributed by atoms with Crippen molar-refractivity contribution < 1.29 is 4.39 Å². The van der Waals surface area contributed by atoms with Crippen LogP contribution >= 0.6 is 0 Å². The minimum Gasteiger partial charge on any atom is -0.373 e. The zero-order chi connectivity index (χ0) is 15.6. The molecular weight excluding hydrogens is 267 g/mol. The average molecular weight is 288 g/mol. The molecule has 2 aromatic rings. The van der Waals surface area contributed by atoms with E-state index in [1.165, 1.54) is 0 Å². The lowest BCUT2D eigenvalue weighted by molar-refractivity contribution is 0.614. The lowest BCUT2D eigenvalue weighted by Crippen LogP contribution is -2.12. The summed E-state index contributed by atoms with van der Waals surface area (Å²) in [7, 11) is 1.83. The van der Waals surface area contributed by atoms with Gasteiger partial charge >= 0.3 is 0 Å². The van der Waals surface area contributed by atoms with Crippen molar-refractivity contribution in [1.29, 1.82) is 0 Å². The predicted molar refractivity (Wildman–Crippen MR) is 84.2 cm³/mol. The number of aryl methyl sites for hydroxylation is 2. The topological polar surface area (TPSA) is 49.8 Å². The van der Waals surface area contributed by atoms with Gasteiger partial charge in [-0.3, -0.25) is 0 Å². The van der Waals surface area contributed by atoms with Gasteiger partial charge in [-0.2, -0.15) is 0 Å². The standard InChI is InChI=1S/C16H21FN4/c1-9-6-7-13(8-14(9)17)11(3)19-16-10(2)15(18-5)20-12(4)21-16/h6-8,11H,1-5H3,(H2,18,19,20,21). The van der Waals surface area contributed by atoms with Crippen LogP contribution in [-0.2, 0) is 0 Å². The molecule has 0 aliphatic rings. The highest BCUT2D eigenvalue weighted by Crippen LogP contribution is 2.25. The number of halogens is 1. The Morgan fingerprint density at radius 3 is 2.38 bits per heavy atom. The summed E-state index contributed by atoms with van der Waals surface area (Å²) in [5.41, 5.74) is 2.49. The molecule has 2 N–H and O–H groups in total. The van der Waals surface area contributed by atoms with Crippen LogP contribution in [-0.4, -0.2) is 17.0 Å².